The van der Waals surface area contributed by atoms with Gasteiger partial charge in [-0.05, 0) is 31.2 Å². The first-order valence-corrected chi connectivity index (χ1v) is 7.29. The predicted molar refractivity (Wildman–Crippen MR) is 86.5 cm³/mol. The van der Waals surface area contributed by atoms with Crippen LogP contribution < -0.4 is 4.74 Å². The molecule has 0 fully saturated rings. The van der Waals surface area contributed by atoms with Crippen LogP contribution in [-0.2, 0) is 6.54 Å². The highest BCUT2D eigenvalue weighted by Gasteiger charge is 2.19. The number of imidazole rings is 1. The van der Waals surface area contributed by atoms with E-state index in [1.165, 1.54) is 7.11 Å². The van der Waals surface area contributed by atoms with E-state index in [9.17, 15) is 4.79 Å². The molecule has 6 heteroatoms. The van der Waals surface area contributed by atoms with Crippen LogP contribution in [0.25, 0.3) is 5.65 Å². The molecule has 23 heavy (non-hydrogen) atoms. The van der Waals surface area contributed by atoms with Crippen molar-refractivity contribution in [2.45, 2.75) is 13.5 Å². The summed E-state index contributed by atoms with van der Waals surface area (Å²) in [5.74, 6) is 0.194. The molecule has 6 nitrogen and oxygen atoms in total. The molecule has 3 aromatic rings. The first-order chi connectivity index (χ1) is 11.1. The molecule has 3 aromatic heterocycles. The average molecular weight is 310 g/mol. The van der Waals surface area contributed by atoms with E-state index in [1.807, 2.05) is 35.7 Å². The summed E-state index contributed by atoms with van der Waals surface area (Å²) in [7, 11) is 3.27. The molecule has 3 heterocycles. The van der Waals surface area contributed by atoms with Crippen LogP contribution >= 0.6 is 0 Å². The van der Waals surface area contributed by atoms with Gasteiger partial charge in [0.1, 0.15) is 11.2 Å². The Morgan fingerprint density at radius 2 is 2.13 bits per heavy atom. The maximum atomic E-state index is 12.7. The van der Waals surface area contributed by atoms with Crippen LogP contribution in [0, 0.1) is 6.92 Å². The Morgan fingerprint density at radius 3 is 2.91 bits per heavy atom. The van der Waals surface area contributed by atoms with Gasteiger partial charge in [0, 0.05) is 19.4 Å². The van der Waals surface area contributed by atoms with E-state index in [4.69, 9.17) is 4.74 Å². The van der Waals surface area contributed by atoms with Crippen LogP contribution in [0.2, 0.25) is 0 Å². The normalized spacial score (nSPS) is 10.7. The third-order valence-electron chi connectivity index (χ3n) is 3.76. The summed E-state index contributed by atoms with van der Waals surface area (Å²) >= 11 is 0. The Bertz CT molecular complexity index is 857. The Hall–Kier alpha value is -2.89. The number of methoxy groups -OCH3 is 1. The average Bonchev–Trinajstić information content (AvgIpc) is 2.89. The van der Waals surface area contributed by atoms with Gasteiger partial charge in [-0.15, -0.1) is 0 Å². The van der Waals surface area contributed by atoms with Gasteiger partial charge in [0.25, 0.3) is 5.91 Å². The SMILES string of the molecule is COc1ncccc1C(=O)N(C)Cc1c(C)nc2ccccn12. The number of hydrogen-bond donors (Lipinski definition) is 0. The van der Waals surface area contributed by atoms with Gasteiger partial charge in [-0.3, -0.25) is 4.79 Å². The van der Waals surface area contributed by atoms with E-state index in [0.29, 0.717) is 18.0 Å². The monoisotopic (exact) mass is 310 g/mol. The summed E-state index contributed by atoms with van der Waals surface area (Å²) in [4.78, 5) is 22.9. The quantitative estimate of drug-likeness (QED) is 0.742. The second-order valence-electron chi connectivity index (χ2n) is 5.29. The van der Waals surface area contributed by atoms with Crippen molar-refractivity contribution in [1.82, 2.24) is 19.3 Å². The fraction of sp³-hybridized carbons (Fsp3) is 0.235. The van der Waals surface area contributed by atoms with Crippen LogP contribution in [0.4, 0.5) is 0 Å². The standard InChI is InChI=1S/C17H18N4O2/c1-12-14(21-10-5-4-8-15(21)19-12)11-20(2)17(22)13-7-6-9-18-16(13)23-3/h4-10H,11H2,1-3H3. The first kappa shape index (κ1) is 15.0. The number of aryl methyl sites for hydroxylation is 1. The summed E-state index contributed by atoms with van der Waals surface area (Å²) in [6.07, 6.45) is 3.55. The minimum atomic E-state index is -0.139. The van der Waals surface area contributed by atoms with Gasteiger partial charge in [0.15, 0.2) is 0 Å². The number of pyridine rings is 2. The lowest BCUT2D eigenvalue weighted by atomic mass is 10.2. The molecular weight excluding hydrogens is 292 g/mol. The number of carbonyl (C=O) groups is 1. The Balaban J connectivity index is 1.90. The maximum Gasteiger partial charge on any atom is 0.259 e. The minimum Gasteiger partial charge on any atom is -0.480 e. The number of hydrogen-bond acceptors (Lipinski definition) is 4. The van der Waals surface area contributed by atoms with Crippen LogP contribution in [0.15, 0.2) is 42.7 Å². The van der Waals surface area contributed by atoms with Gasteiger partial charge < -0.3 is 14.0 Å². The number of ether oxygens (including phenoxy) is 1. The van der Waals surface area contributed by atoms with Crippen molar-refractivity contribution in [3.05, 3.63) is 59.7 Å². The Morgan fingerprint density at radius 1 is 1.30 bits per heavy atom. The zero-order valence-electron chi connectivity index (χ0n) is 13.4. The molecule has 0 N–H and O–H groups in total. The topological polar surface area (TPSA) is 59.7 Å². The van der Waals surface area contributed by atoms with Gasteiger partial charge in [0.2, 0.25) is 5.88 Å². The summed E-state index contributed by atoms with van der Waals surface area (Å²) < 4.78 is 7.17. The van der Waals surface area contributed by atoms with E-state index < -0.39 is 0 Å². The van der Waals surface area contributed by atoms with Crippen LogP contribution in [0.3, 0.4) is 0 Å². The maximum absolute atomic E-state index is 12.7. The number of carbonyl (C=O) groups excluding carboxylic acids is 1. The molecule has 0 aliphatic carbocycles. The molecule has 118 valence electrons. The van der Waals surface area contributed by atoms with Gasteiger partial charge in [-0.25, -0.2) is 9.97 Å². The van der Waals surface area contributed by atoms with Crippen molar-refractivity contribution < 1.29 is 9.53 Å². The van der Waals surface area contributed by atoms with Gasteiger partial charge in [-0.2, -0.15) is 0 Å². The lowest BCUT2D eigenvalue weighted by molar-refractivity contribution is 0.0778. The first-order valence-electron chi connectivity index (χ1n) is 7.29. The Kier molecular flexibility index (Phi) is 3.97. The fourth-order valence-corrected chi connectivity index (χ4v) is 2.57. The molecule has 0 unspecified atom stereocenters. The number of fused-ring (bicyclic) bond motifs is 1. The third kappa shape index (κ3) is 2.75. The molecular formula is C17H18N4O2. The third-order valence-corrected chi connectivity index (χ3v) is 3.76. The highest BCUT2D eigenvalue weighted by atomic mass is 16.5. The predicted octanol–water partition coefficient (Wildman–Crippen LogP) is 2.32. The second-order valence-corrected chi connectivity index (χ2v) is 5.29. The summed E-state index contributed by atoms with van der Waals surface area (Å²) in [6.45, 7) is 2.40. The van der Waals surface area contributed by atoms with Crippen LogP contribution in [-0.4, -0.2) is 39.3 Å². The minimum absolute atomic E-state index is 0.139. The smallest absolute Gasteiger partial charge is 0.259 e. The van der Waals surface area contributed by atoms with Crippen molar-refractivity contribution in [2.24, 2.45) is 0 Å². The van der Waals surface area contributed by atoms with E-state index in [2.05, 4.69) is 9.97 Å². The molecule has 0 atom stereocenters. The van der Waals surface area contributed by atoms with Crippen LogP contribution in [0.5, 0.6) is 5.88 Å². The molecule has 0 spiro atoms. The molecule has 0 saturated carbocycles. The molecule has 0 aliphatic rings. The fourth-order valence-electron chi connectivity index (χ4n) is 2.57. The van der Waals surface area contributed by atoms with E-state index in [0.717, 1.165) is 17.0 Å². The zero-order chi connectivity index (χ0) is 16.4. The van der Waals surface area contributed by atoms with Crippen molar-refractivity contribution in [3.8, 4) is 5.88 Å². The van der Waals surface area contributed by atoms with Crippen LogP contribution in [0.1, 0.15) is 21.7 Å². The molecule has 0 saturated heterocycles. The van der Waals surface area contributed by atoms with Crippen molar-refractivity contribution in [3.63, 3.8) is 0 Å². The summed E-state index contributed by atoms with van der Waals surface area (Å²) in [5.41, 5.74) is 3.22. The second kappa shape index (κ2) is 6.08. The van der Waals surface area contributed by atoms with Crippen molar-refractivity contribution >= 4 is 11.6 Å². The van der Waals surface area contributed by atoms with Gasteiger partial charge >= 0.3 is 0 Å². The largest absolute Gasteiger partial charge is 0.480 e. The molecule has 0 bridgehead atoms. The summed E-state index contributed by atoms with van der Waals surface area (Å²) in [6, 6.07) is 9.28. The van der Waals surface area contributed by atoms with Crippen molar-refractivity contribution in [1.29, 1.82) is 0 Å². The van der Waals surface area contributed by atoms with E-state index in [-0.39, 0.29) is 5.91 Å². The number of amides is 1. The molecule has 0 aliphatic heterocycles. The molecule has 3 rings (SSSR count). The van der Waals surface area contributed by atoms with E-state index >= 15 is 0 Å². The lowest BCUT2D eigenvalue weighted by Gasteiger charge is -2.18. The summed E-state index contributed by atoms with van der Waals surface area (Å²) in [5, 5.41) is 0. The highest BCUT2D eigenvalue weighted by molar-refractivity contribution is 5.96. The number of aromatic nitrogens is 3. The lowest BCUT2D eigenvalue weighted by Crippen LogP contribution is -2.27. The molecule has 0 radical (unpaired) electrons. The zero-order valence-corrected chi connectivity index (χ0v) is 13.4. The van der Waals surface area contributed by atoms with Gasteiger partial charge in [0.05, 0.1) is 25.0 Å². The number of nitrogens with zero attached hydrogens (tertiary/aromatic N) is 4. The van der Waals surface area contributed by atoms with Crippen molar-refractivity contribution in [2.75, 3.05) is 14.2 Å². The molecule has 1 amide bonds. The van der Waals surface area contributed by atoms with E-state index in [1.54, 1.807) is 30.3 Å². The highest BCUT2D eigenvalue weighted by Crippen LogP contribution is 2.18. The molecule has 0 aromatic carbocycles. The Labute approximate surface area is 134 Å². The van der Waals surface area contributed by atoms with Gasteiger partial charge in [-0.1, -0.05) is 6.07 Å². The number of rotatable bonds is 4.